The van der Waals surface area contributed by atoms with Crippen molar-refractivity contribution in [2.45, 2.75) is 32.3 Å². The first kappa shape index (κ1) is 12.3. The van der Waals surface area contributed by atoms with Crippen LogP contribution in [0.25, 0.3) is 0 Å². The molecule has 1 aromatic heterocycles. The van der Waals surface area contributed by atoms with Crippen molar-refractivity contribution in [1.82, 2.24) is 9.97 Å². The third kappa shape index (κ3) is 3.42. The topological polar surface area (TPSA) is 69.2 Å². The van der Waals surface area contributed by atoms with Gasteiger partial charge < -0.3 is 9.53 Å². The molecule has 1 atom stereocenters. The molecule has 0 saturated carbocycles. The third-order valence-electron chi connectivity index (χ3n) is 1.70. The lowest BCUT2D eigenvalue weighted by atomic mass is 10.1. The van der Waals surface area contributed by atoms with Crippen LogP contribution in [0.5, 0.6) is 0 Å². The number of hydrogen-bond acceptors (Lipinski definition) is 5. The molecule has 0 saturated heterocycles. The Morgan fingerprint density at radius 3 is 2.56 bits per heavy atom. The summed E-state index contributed by atoms with van der Waals surface area (Å²) < 4.78 is 5.11. The maximum atomic E-state index is 11.7. The van der Waals surface area contributed by atoms with Gasteiger partial charge in [0.1, 0.15) is 11.9 Å². The molecule has 0 bridgehead atoms. The lowest BCUT2D eigenvalue weighted by Crippen LogP contribution is -2.28. The summed E-state index contributed by atoms with van der Waals surface area (Å²) in [6, 6.07) is 0. The Kier molecular flexibility index (Phi) is 3.71. The summed E-state index contributed by atoms with van der Waals surface area (Å²) in [6.45, 7) is 5.22. The Hall–Kier alpha value is -1.78. The molecule has 16 heavy (non-hydrogen) atoms. The summed E-state index contributed by atoms with van der Waals surface area (Å²) >= 11 is 0. The van der Waals surface area contributed by atoms with Crippen molar-refractivity contribution in [3.63, 3.8) is 0 Å². The number of esters is 1. The van der Waals surface area contributed by atoms with E-state index in [1.54, 1.807) is 20.8 Å². The van der Waals surface area contributed by atoms with E-state index in [4.69, 9.17) is 4.74 Å². The zero-order valence-corrected chi connectivity index (χ0v) is 9.51. The molecular formula is C11H14N2O3. The molecule has 1 rings (SSSR count). The van der Waals surface area contributed by atoms with Crippen LogP contribution in [0.1, 0.15) is 32.4 Å². The molecule has 1 aromatic rings. The van der Waals surface area contributed by atoms with Crippen molar-refractivity contribution < 1.29 is 14.3 Å². The summed E-state index contributed by atoms with van der Waals surface area (Å²) in [4.78, 5) is 30.2. The second kappa shape index (κ2) is 4.83. The van der Waals surface area contributed by atoms with E-state index in [1.807, 2.05) is 0 Å². The van der Waals surface area contributed by atoms with E-state index in [9.17, 15) is 9.59 Å². The molecule has 0 amide bonds. The zero-order valence-electron chi connectivity index (χ0n) is 9.51. The van der Waals surface area contributed by atoms with Crippen LogP contribution in [0.15, 0.2) is 18.6 Å². The van der Waals surface area contributed by atoms with Crippen LogP contribution in [0.2, 0.25) is 0 Å². The highest BCUT2D eigenvalue weighted by Crippen LogP contribution is 2.16. The Morgan fingerprint density at radius 1 is 1.44 bits per heavy atom. The van der Waals surface area contributed by atoms with Crippen molar-refractivity contribution >= 4 is 12.3 Å². The van der Waals surface area contributed by atoms with Crippen LogP contribution in [-0.2, 0) is 14.3 Å². The summed E-state index contributed by atoms with van der Waals surface area (Å²) in [7, 11) is 0. The zero-order chi connectivity index (χ0) is 12.2. The van der Waals surface area contributed by atoms with Gasteiger partial charge in [0.2, 0.25) is 0 Å². The molecule has 5 heteroatoms. The van der Waals surface area contributed by atoms with Gasteiger partial charge in [-0.3, -0.25) is 14.8 Å². The van der Waals surface area contributed by atoms with E-state index in [0.717, 1.165) is 0 Å². The molecule has 0 fully saturated rings. The average Bonchev–Trinajstić information content (AvgIpc) is 2.17. The molecule has 0 aliphatic carbocycles. The minimum atomic E-state index is -1.01. The van der Waals surface area contributed by atoms with E-state index in [0.29, 0.717) is 12.0 Å². The predicted molar refractivity (Wildman–Crippen MR) is 56.7 cm³/mol. The molecule has 0 N–H and O–H groups in total. The van der Waals surface area contributed by atoms with Crippen LogP contribution in [0.4, 0.5) is 0 Å². The van der Waals surface area contributed by atoms with Crippen LogP contribution in [0.3, 0.4) is 0 Å². The van der Waals surface area contributed by atoms with Gasteiger partial charge in [0, 0.05) is 18.6 Å². The second-order valence-corrected chi connectivity index (χ2v) is 4.28. The average molecular weight is 222 g/mol. The van der Waals surface area contributed by atoms with E-state index in [1.165, 1.54) is 18.6 Å². The van der Waals surface area contributed by atoms with Crippen LogP contribution in [0, 0.1) is 0 Å². The maximum Gasteiger partial charge on any atom is 0.322 e. The highest BCUT2D eigenvalue weighted by molar-refractivity contribution is 5.93. The Balaban J connectivity index is 2.84. The van der Waals surface area contributed by atoms with Crippen LogP contribution < -0.4 is 0 Å². The lowest BCUT2D eigenvalue weighted by molar-refractivity contribution is -0.157. The number of aromatic nitrogens is 2. The first-order valence-corrected chi connectivity index (χ1v) is 4.88. The van der Waals surface area contributed by atoms with Gasteiger partial charge in [-0.25, -0.2) is 0 Å². The quantitative estimate of drug-likeness (QED) is 0.435. The van der Waals surface area contributed by atoms with Crippen molar-refractivity contribution in [1.29, 1.82) is 0 Å². The largest absolute Gasteiger partial charge is 0.459 e. The Morgan fingerprint density at radius 2 is 2.12 bits per heavy atom. The fourth-order valence-corrected chi connectivity index (χ4v) is 1.08. The first-order valence-electron chi connectivity index (χ1n) is 4.88. The first-order chi connectivity index (χ1) is 7.44. The SMILES string of the molecule is CC(C)(C)OC(=O)C(C=O)c1cnccn1. The predicted octanol–water partition coefficient (Wildman–Crippen LogP) is 1.10. The van der Waals surface area contributed by atoms with Crippen molar-refractivity contribution in [3.8, 4) is 0 Å². The van der Waals surface area contributed by atoms with E-state index < -0.39 is 17.5 Å². The number of rotatable bonds is 3. The van der Waals surface area contributed by atoms with Gasteiger partial charge in [0.15, 0.2) is 5.92 Å². The lowest BCUT2D eigenvalue weighted by Gasteiger charge is -2.21. The molecule has 0 spiro atoms. The molecule has 86 valence electrons. The fraction of sp³-hybridized carbons (Fsp3) is 0.455. The van der Waals surface area contributed by atoms with Gasteiger partial charge in [-0.05, 0) is 20.8 Å². The van der Waals surface area contributed by atoms with Gasteiger partial charge in [0.05, 0.1) is 5.69 Å². The maximum absolute atomic E-state index is 11.7. The van der Waals surface area contributed by atoms with Crippen LogP contribution in [-0.4, -0.2) is 27.8 Å². The third-order valence-corrected chi connectivity index (χ3v) is 1.70. The number of nitrogens with zero attached hydrogens (tertiary/aromatic N) is 2. The summed E-state index contributed by atoms with van der Waals surface area (Å²) in [5, 5.41) is 0. The normalized spacial score (nSPS) is 12.9. The van der Waals surface area contributed by atoms with Crippen molar-refractivity contribution in [3.05, 3.63) is 24.3 Å². The highest BCUT2D eigenvalue weighted by atomic mass is 16.6. The molecule has 0 aromatic carbocycles. The van der Waals surface area contributed by atoms with Gasteiger partial charge in [-0.2, -0.15) is 0 Å². The van der Waals surface area contributed by atoms with Gasteiger partial charge in [0.25, 0.3) is 0 Å². The smallest absolute Gasteiger partial charge is 0.322 e. The fourth-order valence-electron chi connectivity index (χ4n) is 1.08. The molecule has 1 unspecified atom stereocenters. The molecule has 5 nitrogen and oxygen atoms in total. The van der Waals surface area contributed by atoms with Gasteiger partial charge in [-0.15, -0.1) is 0 Å². The number of carbonyl (C=O) groups is 2. The summed E-state index contributed by atoms with van der Waals surface area (Å²) in [5.74, 6) is -1.61. The molecular weight excluding hydrogens is 208 g/mol. The minimum absolute atomic E-state index is 0.298. The second-order valence-electron chi connectivity index (χ2n) is 4.28. The highest BCUT2D eigenvalue weighted by Gasteiger charge is 2.27. The summed E-state index contributed by atoms with van der Waals surface area (Å²) in [5.41, 5.74) is -0.327. The van der Waals surface area contributed by atoms with Gasteiger partial charge >= 0.3 is 5.97 Å². The van der Waals surface area contributed by atoms with E-state index in [-0.39, 0.29) is 0 Å². The Labute approximate surface area is 93.9 Å². The van der Waals surface area contributed by atoms with Crippen LogP contribution >= 0.6 is 0 Å². The number of hydrogen-bond donors (Lipinski definition) is 0. The minimum Gasteiger partial charge on any atom is -0.459 e. The molecule has 1 heterocycles. The van der Waals surface area contributed by atoms with Crippen molar-refractivity contribution in [2.75, 3.05) is 0 Å². The summed E-state index contributed by atoms with van der Waals surface area (Å²) in [6.07, 6.45) is 4.79. The van der Waals surface area contributed by atoms with Gasteiger partial charge in [-0.1, -0.05) is 0 Å². The molecule has 0 radical (unpaired) electrons. The van der Waals surface area contributed by atoms with E-state index >= 15 is 0 Å². The number of aldehydes is 1. The monoisotopic (exact) mass is 222 g/mol. The standard InChI is InChI=1S/C11H14N2O3/c1-11(2,3)16-10(15)8(7-14)9-6-12-4-5-13-9/h4-8H,1-3H3. The Bertz CT molecular complexity index is 371. The number of ether oxygens (including phenoxy) is 1. The molecule has 0 aliphatic rings. The molecule has 0 aliphatic heterocycles. The van der Waals surface area contributed by atoms with E-state index in [2.05, 4.69) is 9.97 Å². The number of carbonyl (C=O) groups excluding carboxylic acids is 2. The van der Waals surface area contributed by atoms with Crippen molar-refractivity contribution in [2.24, 2.45) is 0 Å².